The van der Waals surface area contributed by atoms with Crippen LogP contribution in [0.4, 0.5) is 8.78 Å². The summed E-state index contributed by atoms with van der Waals surface area (Å²) in [6.07, 6.45) is 0. The number of benzene rings is 1. The zero-order valence-corrected chi connectivity index (χ0v) is 11.6. The number of hydrogen-bond acceptors (Lipinski definition) is 2. The first-order valence-corrected chi connectivity index (χ1v) is 6.24. The maximum Gasteiger partial charge on any atom is 0.339 e. The maximum absolute atomic E-state index is 13.0. The van der Waals surface area contributed by atoms with E-state index in [0.29, 0.717) is 0 Å². The molecule has 0 aliphatic heterocycles. The zero-order valence-electron chi connectivity index (χ0n) is 7.65. The van der Waals surface area contributed by atoms with E-state index in [4.69, 9.17) is 11.6 Å². The van der Waals surface area contributed by atoms with Gasteiger partial charge in [0.2, 0.25) is 0 Å². The summed E-state index contributed by atoms with van der Waals surface area (Å²) in [5.41, 5.74) is -0.444. The van der Waals surface area contributed by atoms with E-state index < -0.39 is 16.4 Å². The predicted octanol–water partition coefficient (Wildman–Crippen LogP) is 4.29. The van der Waals surface area contributed by atoms with E-state index in [-0.39, 0.29) is 16.1 Å². The van der Waals surface area contributed by atoms with Crippen molar-refractivity contribution in [3.05, 3.63) is 34.3 Å². The summed E-state index contributed by atoms with van der Waals surface area (Å²) in [5, 5.41) is 0.0400. The number of carbonyl (C=O) groups excluding carboxylic acids is 1. The molecule has 7 heteroatoms. The molecular formula is C9H5Br2ClF2O2. The van der Waals surface area contributed by atoms with Crippen molar-refractivity contribution in [1.82, 2.24) is 0 Å². The van der Waals surface area contributed by atoms with E-state index in [2.05, 4.69) is 36.6 Å². The molecule has 0 atom stereocenters. The molecule has 0 bridgehead atoms. The number of hydrogen-bond donors (Lipinski definition) is 0. The molecule has 1 aromatic carbocycles. The van der Waals surface area contributed by atoms with Crippen molar-refractivity contribution in [3.63, 3.8) is 0 Å². The third-order valence-corrected chi connectivity index (χ3v) is 2.55. The fourth-order valence-electron chi connectivity index (χ4n) is 1.00. The van der Waals surface area contributed by atoms with Gasteiger partial charge in [-0.1, -0.05) is 11.6 Å². The molecular weight excluding hydrogens is 373 g/mol. The summed E-state index contributed by atoms with van der Waals surface area (Å²) >= 11 is 10.7. The maximum atomic E-state index is 13.0. The van der Waals surface area contributed by atoms with Crippen molar-refractivity contribution in [2.24, 2.45) is 0 Å². The Morgan fingerprint density at radius 1 is 1.44 bits per heavy atom. The lowest BCUT2D eigenvalue weighted by molar-refractivity contribution is 0.0583. The quantitative estimate of drug-likeness (QED) is 0.579. The van der Waals surface area contributed by atoms with Crippen LogP contribution in [0.15, 0.2) is 18.2 Å². The van der Waals surface area contributed by atoms with E-state index in [1.807, 2.05) is 0 Å². The van der Waals surface area contributed by atoms with E-state index >= 15 is 0 Å². The lowest BCUT2D eigenvalue weighted by atomic mass is 10.1. The first-order valence-electron chi connectivity index (χ1n) is 3.95. The molecule has 0 heterocycles. The van der Waals surface area contributed by atoms with Crippen molar-refractivity contribution in [2.45, 2.75) is 4.83 Å². The van der Waals surface area contributed by atoms with Crippen LogP contribution in [0.5, 0.6) is 0 Å². The van der Waals surface area contributed by atoms with E-state index in [9.17, 15) is 13.6 Å². The summed E-state index contributed by atoms with van der Waals surface area (Å²) < 4.78 is 30.5. The van der Waals surface area contributed by atoms with Gasteiger partial charge < -0.3 is 4.74 Å². The molecule has 1 aromatic rings. The average molecular weight is 378 g/mol. The van der Waals surface area contributed by atoms with E-state index in [1.54, 1.807) is 0 Å². The highest BCUT2D eigenvalue weighted by molar-refractivity contribution is 9.09. The second-order valence-electron chi connectivity index (χ2n) is 2.77. The lowest BCUT2D eigenvalue weighted by Crippen LogP contribution is -2.08. The Labute approximate surface area is 112 Å². The van der Waals surface area contributed by atoms with Crippen LogP contribution in [0.25, 0.3) is 0 Å². The van der Waals surface area contributed by atoms with Gasteiger partial charge in [0, 0.05) is 10.6 Å². The molecule has 16 heavy (non-hydrogen) atoms. The first kappa shape index (κ1) is 13.9. The Morgan fingerprint density at radius 3 is 2.56 bits per heavy atom. The topological polar surface area (TPSA) is 26.3 Å². The molecule has 1 rings (SSSR count). The average Bonchev–Trinajstić information content (AvgIpc) is 2.16. The number of esters is 1. The van der Waals surface area contributed by atoms with Gasteiger partial charge in [-0.05, 0) is 50.1 Å². The molecule has 0 fully saturated rings. The van der Waals surface area contributed by atoms with Crippen molar-refractivity contribution < 1.29 is 18.3 Å². The summed E-state index contributed by atoms with van der Waals surface area (Å²) in [6, 6.07) is 3.35. The highest BCUT2D eigenvalue weighted by atomic mass is 79.9. The van der Waals surface area contributed by atoms with Gasteiger partial charge in [-0.15, -0.1) is 0 Å². The number of ether oxygens (including phenoxy) is 1. The first-order chi connectivity index (χ1) is 7.34. The smallest absolute Gasteiger partial charge is 0.339 e. The van der Waals surface area contributed by atoms with Crippen LogP contribution < -0.4 is 0 Å². The van der Waals surface area contributed by atoms with E-state index in [1.165, 1.54) is 6.07 Å². The molecule has 0 N–H and O–H groups in total. The zero-order chi connectivity index (χ0) is 12.3. The van der Waals surface area contributed by atoms with Crippen LogP contribution in [0.2, 0.25) is 5.02 Å². The Bertz CT molecular complexity index is 407. The molecule has 0 amide bonds. The fourth-order valence-corrected chi connectivity index (χ4v) is 1.68. The fraction of sp³-hybridized carbons (Fsp3) is 0.222. The van der Waals surface area contributed by atoms with E-state index in [0.717, 1.165) is 12.1 Å². The molecule has 0 radical (unpaired) electrons. The largest absolute Gasteiger partial charge is 0.450 e. The minimum atomic E-state index is -3.23. The monoisotopic (exact) mass is 376 g/mol. The van der Waals surface area contributed by atoms with Gasteiger partial charge in [0.05, 0.1) is 5.56 Å². The molecule has 0 aliphatic rings. The second kappa shape index (κ2) is 5.42. The highest BCUT2D eigenvalue weighted by Crippen LogP contribution is 2.36. The second-order valence-corrected chi connectivity index (χ2v) is 4.66. The standard InChI is InChI=1S/C9H5Br2ClF2O2/c10-4-16-8(15)5-1-6(9(11,13)14)3-7(12)2-5/h1-3H,4H2. The Balaban J connectivity index is 3.13. The summed E-state index contributed by atoms with van der Waals surface area (Å²) in [5.74, 6) is -0.725. The van der Waals surface area contributed by atoms with Gasteiger partial charge in [-0.3, -0.25) is 0 Å². The molecule has 0 saturated heterocycles. The summed E-state index contributed by atoms with van der Waals surface area (Å²) in [7, 11) is 0. The number of rotatable bonds is 3. The van der Waals surface area contributed by atoms with Crippen LogP contribution >= 0.6 is 43.5 Å². The number of halogens is 5. The van der Waals surface area contributed by atoms with Crippen LogP contribution in [-0.2, 0) is 9.57 Å². The molecule has 2 nitrogen and oxygen atoms in total. The molecule has 0 saturated carbocycles. The molecule has 0 aromatic heterocycles. The lowest BCUT2D eigenvalue weighted by Gasteiger charge is -2.10. The third-order valence-electron chi connectivity index (χ3n) is 1.65. The van der Waals surface area contributed by atoms with Crippen molar-refractivity contribution in [3.8, 4) is 0 Å². The minimum Gasteiger partial charge on any atom is -0.450 e. The third kappa shape index (κ3) is 3.68. The van der Waals surface area contributed by atoms with Gasteiger partial charge in [0.15, 0.2) is 0 Å². The van der Waals surface area contributed by atoms with Gasteiger partial charge in [-0.25, -0.2) is 4.79 Å². The molecule has 0 aliphatic carbocycles. The predicted molar refractivity (Wildman–Crippen MR) is 63.5 cm³/mol. The van der Waals surface area contributed by atoms with Gasteiger partial charge >= 0.3 is 10.8 Å². The van der Waals surface area contributed by atoms with Crippen molar-refractivity contribution in [2.75, 3.05) is 5.52 Å². The molecule has 88 valence electrons. The van der Waals surface area contributed by atoms with Gasteiger partial charge in [0.25, 0.3) is 0 Å². The van der Waals surface area contributed by atoms with Gasteiger partial charge in [-0.2, -0.15) is 8.78 Å². The molecule has 0 unspecified atom stereocenters. The summed E-state index contributed by atoms with van der Waals surface area (Å²) in [4.78, 5) is 8.07. The Hall–Kier alpha value is -0.200. The number of alkyl halides is 4. The SMILES string of the molecule is O=C(OCBr)c1cc(Cl)cc(C(F)(F)Br)c1. The summed E-state index contributed by atoms with van der Waals surface area (Å²) in [6.45, 7) is 0. The Morgan fingerprint density at radius 2 is 2.06 bits per heavy atom. The Kier molecular flexibility index (Phi) is 4.70. The van der Waals surface area contributed by atoms with Gasteiger partial charge in [0.1, 0.15) is 5.52 Å². The van der Waals surface area contributed by atoms with Crippen molar-refractivity contribution in [1.29, 1.82) is 0 Å². The van der Waals surface area contributed by atoms with Crippen molar-refractivity contribution >= 4 is 49.4 Å². The molecule has 0 spiro atoms. The highest BCUT2D eigenvalue weighted by Gasteiger charge is 2.28. The minimum absolute atomic E-state index is 0.0155. The van der Waals surface area contributed by atoms with Crippen LogP contribution in [-0.4, -0.2) is 11.5 Å². The van der Waals surface area contributed by atoms with Crippen LogP contribution in [0.1, 0.15) is 15.9 Å². The van der Waals surface area contributed by atoms with Crippen LogP contribution in [0.3, 0.4) is 0 Å². The normalized spacial score (nSPS) is 11.3. The number of carbonyl (C=O) groups is 1. The van der Waals surface area contributed by atoms with Crippen LogP contribution in [0, 0.1) is 0 Å².